The van der Waals surface area contributed by atoms with Gasteiger partial charge in [0, 0.05) is 39.2 Å². The lowest BCUT2D eigenvalue weighted by molar-refractivity contribution is 0.0515. The van der Waals surface area contributed by atoms with Gasteiger partial charge in [-0.3, -0.25) is 4.90 Å². The molecular weight excluding hydrogens is 441 g/mol. The van der Waals surface area contributed by atoms with Crippen LogP contribution in [0.15, 0.2) is 40.9 Å². The molecule has 0 spiro atoms. The number of aromatic amines is 1. The topological polar surface area (TPSA) is 19.0 Å². The second-order valence-corrected chi connectivity index (χ2v) is 9.16. The fourth-order valence-corrected chi connectivity index (χ4v) is 4.77. The third-order valence-corrected chi connectivity index (χ3v) is 6.54. The molecule has 2 nitrogen and oxygen atoms in total. The van der Waals surface area contributed by atoms with Gasteiger partial charge in [-0.2, -0.15) is 0 Å². The molecule has 6 heteroatoms. The van der Waals surface area contributed by atoms with E-state index in [0.29, 0.717) is 17.3 Å². The molecule has 0 amide bonds. The van der Waals surface area contributed by atoms with Gasteiger partial charge in [-0.05, 0) is 50.5 Å². The summed E-state index contributed by atoms with van der Waals surface area (Å²) in [6.07, 6.45) is 1.02. The zero-order valence-electron chi connectivity index (χ0n) is 16.7. The number of para-hydroxylation sites is 1. The van der Waals surface area contributed by atoms with Crippen LogP contribution in [0.5, 0.6) is 0 Å². The third kappa shape index (κ3) is 3.61. The van der Waals surface area contributed by atoms with E-state index in [1.807, 2.05) is 36.1 Å². The first-order chi connectivity index (χ1) is 13.7. The van der Waals surface area contributed by atoms with Crippen LogP contribution in [0.1, 0.15) is 50.1 Å². The Hall–Kier alpha value is -1.79. The van der Waals surface area contributed by atoms with Crippen molar-refractivity contribution in [2.45, 2.75) is 51.4 Å². The van der Waals surface area contributed by atoms with Crippen molar-refractivity contribution in [3.05, 3.63) is 69.3 Å². The van der Waals surface area contributed by atoms with E-state index in [-0.39, 0.29) is 18.2 Å². The molecule has 2 aromatic carbocycles. The number of halogens is 4. The second kappa shape index (κ2) is 7.47. The van der Waals surface area contributed by atoms with Crippen LogP contribution in [0.4, 0.5) is 13.2 Å². The van der Waals surface area contributed by atoms with Gasteiger partial charge < -0.3 is 4.98 Å². The molecule has 0 saturated heterocycles. The molecule has 1 N–H and O–H groups in total. The molecule has 3 aromatic rings. The van der Waals surface area contributed by atoms with Crippen molar-refractivity contribution in [3.8, 4) is 0 Å². The zero-order valence-corrected chi connectivity index (χ0v) is 18.3. The van der Waals surface area contributed by atoms with Crippen LogP contribution in [0, 0.1) is 11.6 Å². The van der Waals surface area contributed by atoms with E-state index in [2.05, 4.69) is 20.9 Å². The van der Waals surface area contributed by atoms with E-state index in [9.17, 15) is 0 Å². The summed E-state index contributed by atoms with van der Waals surface area (Å²) in [7, 11) is 0. The van der Waals surface area contributed by atoms with Crippen LogP contribution in [0.3, 0.4) is 0 Å². The fourth-order valence-electron chi connectivity index (χ4n) is 4.37. The molecular formula is C23H24BrF3N2. The van der Waals surface area contributed by atoms with Crippen LogP contribution < -0.4 is 0 Å². The summed E-state index contributed by atoms with van der Waals surface area (Å²) in [6, 6.07) is 9.60. The van der Waals surface area contributed by atoms with E-state index in [0.717, 1.165) is 22.2 Å². The number of fused-ring (bicyclic) bond motifs is 3. The Morgan fingerprint density at radius 3 is 2.52 bits per heavy atom. The standard InChI is InChI=1S/C23H24BrF3N2/c1-4-23(3,27)12-29-13(2)9-16-15-7-5-6-8-19(15)28-21(16)22(29)20-17(25)10-14(24)11-18(20)26/h5-8,10-11,13,22,28H,4,9,12H2,1-3H3. The first-order valence-electron chi connectivity index (χ1n) is 9.90. The number of rotatable bonds is 4. The molecule has 29 heavy (non-hydrogen) atoms. The Labute approximate surface area is 177 Å². The fraction of sp³-hybridized carbons (Fsp3) is 0.391. The highest BCUT2D eigenvalue weighted by Gasteiger charge is 2.41. The van der Waals surface area contributed by atoms with Gasteiger partial charge in [-0.15, -0.1) is 0 Å². The number of H-pyrrole nitrogens is 1. The lowest BCUT2D eigenvalue weighted by Crippen LogP contribution is -2.48. The van der Waals surface area contributed by atoms with Crippen LogP contribution in [0.2, 0.25) is 0 Å². The monoisotopic (exact) mass is 464 g/mol. The van der Waals surface area contributed by atoms with E-state index in [4.69, 9.17) is 0 Å². The number of aromatic nitrogens is 1. The van der Waals surface area contributed by atoms with Crippen molar-refractivity contribution in [2.24, 2.45) is 0 Å². The maximum Gasteiger partial charge on any atom is 0.132 e. The van der Waals surface area contributed by atoms with Crippen LogP contribution in [-0.4, -0.2) is 28.1 Å². The molecule has 3 unspecified atom stereocenters. The highest BCUT2D eigenvalue weighted by atomic mass is 79.9. The second-order valence-electron chi connectivity index (χ2n) is 8.24. The lowest BCUT2D eigenvalue weighted by Gasteiger charge is -2.43. The van der Waals surface area contributed by atoms with Gasteiger partial charge in [0.2, 0.25) is 0 Å². The van der Waals surface area contributed by atoms with Gasteiger partial charge >= 0.3 is 0 Å². The molecule has 4 rings (SSSR count). The van der Waals surface area contributed by atoms with Crippen LogP contribution in [0.25, 0.3) is 10.9 Å². The van der Waals surface area contributed by atoms with E-state index in [1.165, 1.54) is 12.1 Å². The molecule has 0 fully saturated rings. The summed E-state index contributed by atoms with van der Waals surface area (Å²) in [5.74, 6) is -1.27. The molecule has 1 aliphatic rings. The Morgan fingerprint density at radius 1 is 1.21 bits per heavy atom. The van der Waals surface area contributed by atoms with Gasteiger partial charge in [0.1, 0.15) is 17.3 Å². The van der Waals surface area contributed by atoms with Gasteiger partial charge in [0.05, 0.1) is 6.04 Å². The van der Waals surface area contributed by atoms with Crippen molar-refractivity contribution < 1.29 is 13.2 Å². The maximum atomic E-state index is 15.1. The Bertz CT molecular complexity index is 1040. The minimum Gasteiger partial charge on any atom is -0.357 e. The first kappa shape index (κ1) is 20.5. The molecule has 3 atom stereocenters. The number of nitrogens with zero attached hydrogens (tertiary/aromatic N) is 1. The quantitative estimate of drug-likeness (QED) is 0.455. The predicted octanol–water partition coefficient (Wildman–Crippen LogP) is 6.68. The normalized spacial score (nSPS) is 21.9. The largest absolute Gasteiger partial charge is 0.357 e. The highest BCUT2D eigenvalue weighted by Crippen LogP contribution is 2.43. The molecule has 0 radical (unpaired) electrons. The minimum atomic E-state index is -1.46. The summed E-state index contributed by atoms with van der Waals surface area (Å²) in [5.41, 5.74) is 1.22. The van der Waals surface area contributed by atoms with Crippen molar-refractivity contribution in [1.29, 1.82) is 0 Å². The van der Waals surface area contributed by atoms with Gasteiger partial charge in [-0.25, -0.2) is 13.2 Å². The van der Waals surface area contributed by atoms with E-state index >= 15 is 13.2 Å². The third-order valence-electron chi connectivity index (χ3n) is 6.08. The zero-order chi connectivity index (χ0) is 20.9. The number of alkyl halides is 1. The summed E-state index contributed by atoms with van der Waals surface area (Å²) >= 11 is 3.16. The number of hydrogen-bond acceptors (Lipinski definition) is 1. The maximum absolute atomic E-state index is 15.1. The lowest BCUT2D eigenvalue weighted by atomic mass is 9.87. The Kier molecular flexibility index (Phi) is 5.28. The van der Waals surface area contributed by atoms with Crippen LogP contribution in [-0.2, 0) is 6.42 Å². The van der Waals surface area contributed by atoms with E-state index in [1.54, 1.807) is 13.8 Å². The molecule has 0 bridgehead atoms. The summed E-state index contributed by atoms with van der Waals surface area (Å²) in [5, 5.41) is 1.05. The SMILES string of the molecule is CCC(C)(F)CN1C(C)Cc2c([nH]c3ccccc23)C1c1c(F)cc(Br)cc1F. The first-order valence-corrected chi connectivity index (χ1v) is 10.7. The number of benzene rings is 2. The number of nitrogens with one attached hydrogen (secondary N) is 1. The van der Waals surface area contributed by atoms with Gasteiger partial charge in [-0.1, -0.05) is 41.1 Å². The van der Waals surface area contributed by atoms with Crippen LogP contribution >= 0.6 is 15.9 Å². The van der Waals surface area contributed by atoms with Crippen molar-refractivity contribution in [3.63, 3.8) is 0 Å². The molecule has 0 aliphatic carbocycles. The summed E-state index contributed by atoms with van der Waals surface area (Å²) in [4.78, 5) is 5.28. The average Bonchev–Trinajstić information content (AvgIpc) is 3.01. The van der Waals surface area contributed by atoms with Crippen molar-refractivity contribution >= 4 is 26.8 Å². The average molecular weight is 465 g/mol. The predicted molar refractivity (Wildman–Crippen MR) is 114 cm³/mol. The molecule has 2 heterocycles. The number of hydrogen-bond donors (Lipinski definition) is 1. The van der Waals surface area contributed by atoms with Gasteiger partial charge in [0.15, 0.2) is 0 Å². The van der Waals surface area contributed by atoms with Gasteiger partial charge in [0.25, 0.3) is 0 Å². The molecule has 154 valence electrons. The Morgan fingerprint density at radius 2 is 1.86 bits per heavy atom. The molecule has 1 aromatic heterocycles. The molecule has 0 saturated carbocycles. The van der Waals surface area contributed by atoms with E-state index < -0.39 is 23.3 Å². The molecule has 1 aliphatic heterocycles. The summed E-state index contributed by atoms with van der Waals surface area (Å²) in [6.45, 7) is 5.43. The van der Waals surface area contributed by atoms with Crippen molar-refractivity contribution in [1.82, 2.24) is 9.88 Å². The Balaban J connectivity index is 1.96. The summed E-state index contributed by atoms with van der Waals surface area (Å²) < 4.78 is 45.5. The van der Waals surface area contributed by atoms with Crippen molar-refractivity contribution in [2.75, 3.05) is 6.54 Å². The smallest absolute Gasteiger partial charge is 0.132 e. The highest BCUT2D eigenvalue weighted by molar-refractivity contribution is 9.10. The minimum absolute atomic E-state index is 0.0422.